The van der Waals surface area contributed by atoms with E-state index in [1.54, 1.807) is 19.1 Å². The number of allylic oxidation sites excluding steroid dienone is 1. The number of hydrogen-bond donors (Lipinski definition) is 2. The van der Waals surface area contributed by atoms with Crippen molar-refractivity contribution in [2.45, 2.75) is 13.3 Å². The van der Waals surface area contributed by atoms with E-state index in [-0.39, 0.29) is 11.7 Å². The SMILES string of the molecule is CC=CC(=O)NCCc1c(O)ccc2ccccc12. The van der Waals surface area contributed by atoms with E-state index in [0.29, 0.717) is 13.0 Å². The molecule has 0 aliphatic rings. The predicted octanol–water partition coefficient (Wildman–Crippen LogP) is 2.78. The Morgan fingerprint density at radius 2 is 2.05 bits per heavy atom. The maximum Gasteiger partial charge on any atom is 0.243 e. The summed E-state index contributed by atoms with van der Waals surface area (Å²) in [6.45, 7) is 2.31. The Balaban J connectivity index is 2.16. The van der Waals surface area contributed by atoms with E-state index in [1.165, 1.54) is 6.08 Å². The first-order valence-corrected chi connectivity index (χ1v) is 6.32. The summed E-state index contributed by atoms with van der Waals surface area (Å²) >= 11 is 0. The van der Waals surface area contributed by atoms with Crippen LogP contribution < -0.4 is 5.32 Å². The summed E-state index contributed by atoms with van der Waals surface area (Å²) in [4.78, 5) is 11.3. The number of aromatic hydroxyl groups is 1. The van der Waals surface area contributed by atoms with Crippen LogP contribution in [0.25, 0.3) is 10.8 Å². The molecule has 2 aromatic carbocycles. The van der Waals surface area contributed by atoms with E-state index in [9.17, 15) is 9.90 Å². The Kier molecular flexibility index (Phi) is 4.18. The van der Waals surface area contributed by atoms with Crippen molar-refractivity contribution >= 4 is 16.7 Å². The van der Waals surface area contributed by atoms with Gasteiger partial charge in [0.1, 0.15) is 5.75 Å². The first kappa shape index (κ1) is 13.1. The van der Waals surface area contributed by atoms with Crippen molar-refractivity contribution < 1.29 is 9.90 Å². The minimum Gasteiger partial charge on any atom is -0.508 e. The highest BCUT2D eigenvalue weighted by atomic mass is 16.3. The van der Waals surface area contributed by atoms with Crippen molar-refractivity contribution in [3.05, 3.63) is 54.1 Å². The van der Waals surface area contributed by atoms with Gasteiger partial charge in [-0.25, -0.2) is 0 Å². The number of phenols is 1. The molecule has 0 saturated heterocycles. The van der Waals surface area contributed by atoms with Crippen LogP contribution in [0.2, 0.25) is 0 Å². The van der Waals surface area contributed by atoms with Gasteiger partial charge in [0.05, 0.1) is 0 Å². The zero-order chi connectivity index (χ0) is 13.7. The van der Waals surface area contributed by atoms with Crippen LogP contribution in [0.4, 0.5) is 0 Å². The highest BCUT2D eigenvalue weighted by Crippen LogP contribution is 2.27. The van der Waals surface area contributed by atoms with Crippen molar-refractivity contribution in [1.29, 1.82) is 0 Å². The van der Waals surface area contributed by atoms with E-state index < -0.39 is 0 Å². The second-order valence-electron chi connectivity index (χ2n) is 4.33. The lowest BCUT2D eigenvalue weighted by Crippen LogP contribution is -2.23. The van der Waals surface area contributed by atoms with Crippen LogP contribution in [0.5, 0.6) is 5.75 Å². The minimum atomic E-state index is -0.109. The van der Waals surface area contributed by atoms with Crippen molar-refractivity contribution in [1.82, 2.24) is 5.32 Å². The van der Waals surface area contributed by atoms with Crippen molar-refractivity contribution in [3.8, 4) is 5.75 Å². The third-order valence-corrected chi connectivity index (χ3v) is 3.01. The number of phenolic OH excluding ortho intramolecular Hbond substituents is 1. The first-order chi connectivity index (χ1) is 9.22. The van der Waals surface area contributed by atoms with Gasteiger partial charge < -0.3 is 10.4 Å². The molecule has 19 heavy (non-hydrogen) atoms. The second-order valence-corrected chi connectivity index (χ2v) is 4.33. The van der Waals surface area contributed by atoms with Crippen LogP contribution >= 0.6 is 0 Å². The molecular weight excluding hydrogens is 238 g/mol. The van der Waals surface area contributed by atoms with Gasteiger partial charge in [0.2, 0.25) is 5.91 Å². The standard InChI is InChI=1S/C16H17NO2/c1-2-5-16(19)17-11-10-14-13-7-4-3-6-12(13)8-9-15(14)18/h2-9,18H,10-11H2,1H3,(H,17,19). The highest BCUT2D eigenvalue weighted by Gasteiger charge is 2.06. The van der Waals surface area contributed by atoms with Gasteiger partial charge in [0, 0.05) is 12.1 Å². The molecule has 0 saturated carbocycles. The smallest absolute Gasteiger partial charge is 0.243 e. The summed E-state index contributed by atoms with van der Waals surface area (Å²) < 4.78 is 0. The van der Waals surface area contributed by atoms with Gasteiger partial charge in [-0.2, -0.15) is 0 Å². The van der Waals surface area contributed by atoms with Crippen LogP contribution in [0, 0.1) is 0 Å². The van der Waals surface area contributed by atoms with E-state index >= 15 is 0 Å². The molecule has 2 rings (SSSR count). The molecule has 0 aliphatic carbocycles. The summed E-state index contributed by atoms with van der Waals surface area (Å²) in [6.07, 6.45) is 3.80. The first-order valence-electron chi connectivity index (χ1n) is 6.32. The molecule has 0 aliphatic heterocycles. The zero-order valence-corrected chi connectivity index (χ0v) is 10.9. The van der Waals surface area contributed by atoms with Crippen molar-refractivity contribution in [3.63, 3.8) is 0 Å². The number of amides is 1. The van der Waals surface area contributed by atoms with E-state index in [4.69, 9.17) is 0 Å². The molecule has 98 valence electrons. The molecule has 0 spiro atoms. The largest absolute Gasteiger partial charge is 0.508 e. The van der Waals surface area contributed by atoms with Gasteiger partial charge in [-0.15, -0.1) is 0 Å². The molecule has 0 heterocycles. The molecule has 2 aromatic rings. The zero-order valence-electron chi connectivity index (χ0n) is 10.9. The quantitative estimate of drug-likeness (QED) is 0.825. The Hall–Kier alpha value is -2.29. The number of hydrogen-bond acceptors (Lipinski definition) is 2. The van der Waals surface area contributed by atoms with E-state index in [1.807, 2.05) is 30.3 Å². The summed E-state index contributed by atoms with van der Waals surface area (Å²) in [7, 11) is 0. The number of fused-ring (bicyclic) bond motifs is 1. The molecule has 2 N–H and O–H groups in total. The van der Waals surface area contributed by atoms with Crippen LogP contribution in [0.15, 0.2) is 48.6 Å². The minimum absolute atomic E-state index is 0.109. The van der Waals surface area contributed by atoms with Crippen LogP contribution in [-0.2, 0) is 11.2 Å². The van der Waals surface area contributed by atoms with Crippen LogP contribution in [0.1, 0.15) is 12.5 Å². The van der Waals surface area contributed by atoms with E-state index in [0.717, 1.165) is 16.3 Å². The van der Waals surface area contributed by atoms with Gasteiger partial charge in [-0.3, -0.25) is 4.79 Å². The molecule has 0 atom stereocenters. The van der Waals surface area contributed by atoms with Gasteiger partial charge in [-0.1, -0.05) is 36.4 Å². The summed E-state index contributed by atoms with van der Waals surface area (Å²) in [5.41, 5.74) is 0.874. The Morgan fingerprint density at radius 1 is 1.26 bits per heavy atom. The topological polar surface area (TPSA) is 49.3 Å². The fraction of sp³-hybridized carbons (Fsp3) is 0.188. The fourth-order valence-electron chi connectivity index (χ4n) is 2.11. The Labute approximate surface area is 112 Å². The van der Waals surface area contributed by atoms with Gasteiger partial charge in [0.25, 0.3) is 0 Å². The van der Waals surface area contributed by atoms with Gasteiger partial charge in [-0.05, 0) is 36.3 Å². The van der Waals surface area contributed by atoms with Crippen LogP contribution in [-0.4, -0.2) is 17.6 Å². The monoisotopic (exact) mass is 255 g/mol. The maximum absolute atomic E-state index is 11.3. The molecular formula is C16H17NO2. The lowest BCUT2D eigenvalue weighted by atomic mass is 10.0. The number of benzene rings is 2. The normalized spacial score (nSPS) is 11.0. The summed E-state index contributed by atoms with van der Waals surface area (Å²) in [5.74, 6) is 0.168. The lowest BCUT2D eigenvalue weighted by molar-refractivity contribution is -0.116. The van der Waals surface area contributed by atoms with Crippen LogP contribution in [0.3, 0.4) is 0 Å². The number of rotatable bonds is 4. The molecule has 0 radical (unpaired) electrons. The summed E-state index contributed by atoms with van der Waals surface area (Å²) in [6, 6.07) is 11.5. The average Bonchev–Trinajstić information content (AvgIpc) is 2.41. The second kappa shape index (κ2) is 6.05. The number of nitrogens with one attached hydrogen (secondary N) is 1. The van der Waals surface area contributed by atoms with Crippen molar-refractivity contribution in [2.24, 2.45) is 0 Å². The van der Waals surface area contributed by atoms with Gasteiger partial charge in [0.15, 0.2) is 0 Å². The molecule has 0 unspecified atom stereocenters. The third-order valence-electron chi connectivity index (χ3n) is 3.01. The van der Waals surface area contributed by atoms with Crippen molar-refractivity contribution in [2.75, 3.05) is 6.54 Å². The Morgan fingerprint density at radius 3 is 2.84 bits per heavy atom. The lowest BCUT2D eigenvalue weighted by Gasteiger charge is -2.09. The molecule has 0 aromatic heterocycles. The number of carbonyl (C=O) groups is 1. The molecule has 3 heteroatoms. The maximum atomic E-state index is 11.3. The molecule has 0 bridgehead atoms. The molecule has 3 nitrogen and oxygen atoms in total. The number of carbonyl (C=O) groups excluding carboxylic acids is 1. The Bertz CT molecular complexity index is 617. The fourth-order valence-corrected chi connectivity index (χ4v) is 2.11. The highest BCUT2D eigenvalue weighted by molar-refractivity contribution is 5.88. The molecule has 1 amide bonds. The summed E-state index contributed by atoms with van der Waals surface area (Å²) in [5, 5.41) is 14.9. The molecule has 0 fully saturated rings. The van der Waals surface area contributed by atoms with Gasteiger partial charge >= 0.3 is 0 Å². The average molecular weight is 255 g/mol. The van der Waals surface area contributed by atoms with E-state index in [2.05, 4.69) is 5.32 Å². The predicted molar refractivity (Wildman–Crippen MR) is 77.1 cm³/mol. The third kappa shape index (κ3) is 3.13.